The Kier molecular flexibility index (Phi) is 5.11. The van der Waals surface area contributed by atoms with Crippen LogP contribution in [0.5, 0.6) is 0 Å². The van der Waals surface area contributed by atoms with Crippen LogP contribution in [0.25, 0.3) is 11.2 Å². The summed E-state index contributed by atoms with van der Waals surface area (Å²) >= 11 is 0. The lowest BCUT2D eigenvalue weighted by Gasteiger charge is -2.15. The van der Waals surface area contributed by atoms with Crippen molar-refractivity contribution >= 4 is 17.1 Å². The number of aromatic amines is 1. The average molecular weight is 371 g/mol. The van der Waals surface area contributed by atoms with Crippen molar-refractivity contribution in [1.29, 1.82) is 0 Å². The number of anilines is 1. The molecule has 0 spiro atoms. The van der Waals surface area contributed by atoms with Gasteiger partial charge in [0.15, 0.2) is 17.4 Å². The van der Waals surface area contributed by atoms with Gasteiger partial charge in [0.1, 0.15) is 18.3 Å². The summed E-state index contributed by atoms with van der Waals surface area (Å²) in [6, 6.07) is 0. The van der Waals surface area contributed by atoms with Gasteiger partial charge in [0.05, 0.1) is 6.61 Å². The molecule has 1 fully saturated rings. The van der Waals surface area contributed by atoms with E-state index in [2.05, 4.69) is 9.97 Å². The van der Waals surface area contributed by atoms with E-state index in [1.54, 1.807) is 0 Å². The van der Waals surface area contributed by atoms with Crippen molar-refractivity contribution in [1.82, 2.24) is 19.1 Å². The first-order valence-electron chi connectivity index (χ1n) is 8.14. The van der Waals surface area contributed by atoms with Gasteiger partial charge in [-0.1, -0.05) is 0 Å². The molecular formula is C14H21N5O7. The maximum absolute atomic E-state index is 12.9. The molecule has 0 radical (unpaired) electrons. The number of imidazole rings is 1. The highest BCUT2D eigenvalue weighted by Crippen LogP contribution is 2.30. The van der Waals surface area contributed by atoms with Gasteiger partial charge < -0.3 is 30.9 Å². The second-order valence-corrected chi connectivity index (χ2v) is 6.09. The highest BCUT2D eigenvalue weighted by Gasteiger charge is 2.45. The normalized spacial score (nSPS) is 26.0. The largest absolute Gasteiger partial charge is 0.396 e. The standard InChI is InChI=1S/C14H21N5O7/c15-13-16-10-7(11(24)17-13)18(3-1-2-4-20)14(25)19(10)12-9(23)8(22)6(5-21)26-12/h6,8-9,12,20-23H,1-5H2,(H3,15,16,17,24)/t6-,8+,9-,12-/m1/s1. The van der Waals surface area contributed by atoms with Crippen molar-refractivity contribution in [2.75, 3.05) is 18.9 Å². The third-order valence-corrected chi connectivity index (χ3v) is 4.39. The number of nitrogens with zero attached hydrogens (tertiary/aromatic N) is 3. The maximum Gasteiger partial charge on any atom is 0.332 e. The van der Waals surface area contributed by atoms with Crippen LogP contribution in [0, 0.1) is 0 Å². The summed E-state index contributed by atoms with van der Waals surface area (Å²) in [5.41, 5.74) is 4.09. The number of nitrogen functional groups attached to an aromatic ring is 1. The van der Waals surface area contributed by atoms with Crippen LogP contribution in [-0.2, 0) is 11.3 Å². The third kappa shape index (κ3) is 2.91. The second-order valence-electron chi connectivity index (χ2n) is 6.09. The van der Waals surface area contributed by atoms with Crippen molar-refractivity contribution in [2.45, 2.75) is 43.9 Å². The molecular weight excluding hydrogens is 350 g/mol. The minimum Gasteiger partial charge on any atom is -0.396 e. The van der Waals surface area contributed by atoms with Gasteiger partial charge in [0.25, 0.3) is 5.56 Å². The zero-order valence-electron chi connectivity index (χ0n) is 13.8. The lowest BCUT2D eigenvalue weighted by molar-refractivity contribution is -0.0528. The minimum atomic E-state index is -1.51. The first-order chi connectivity index (χ1) is 12.4. The van der Waals surface area contributed by atoms with Crippen LogP contribution in [-0.4, -0.2) is 71.1 Å². The number of aryl methyl sites for hydroxylation is 1. The number of aliphatic hydroxyl groups is 4. The van der Waals surface area contributed by atoms with Crippen molar-refractivity contribution in [3.8, 4) is 0 Å². The molecule has 2 aromatic heterocycles. The highest BCUT2D eigenvalue weighted by atomic mass is 16.6. The summed E-state index contributed by atoms with van der Waals surface area (Å²) < 4.78 is 7.50. The quantitative estimate of drug-likeness (QED) is 0.285. The van der Waals surface area contributed by atoms with E-state index in [4.69, 9.17) is 15.6 Å². The van der Waals surface area contributed by atoms with E-state index in [1.807, 2.05) is 0 Å². The zero-order valence-corrected chi connectivity index (χ0v) is 13.8. The summed E-state index contributed by atoms with van der Waals surface area (Å²) in [6.07, 6.45) is -4.51. The Hall–Kier alpha value is -2.25. The fraction of sp³-hybridized carbons (Fsp3) is 0.643. The minimum absolute atomic E-state index is 0.0557. The number of fused-ring (bicyclic) bond motifs is 1. The van der Waals surface area contributed by atoms with Crippen LogP contribution >= 0.6 is 0 Å². The molecule has 0 amide bonds. The summed E-state index contributed by atoms with van der Waals surface area (Å²) in [4.78, 5) is 31.5. The third-order valence-electron chi connectivity index (χ3n) is 4.39. The van der Waals surface area contributed by atoms with E-state index in [1.165, 1.54) is 0 Å². The fourth-order valence-corrected chi connectivity index (χ4v) is 3.11. The van der Waals surface area contributed by atoms with Crippen molar-refractivity contribution in [2.24, 2.45) is 0 Å². The van der Waals surface area contributed by atoms with Crippen LogP contribution in [0.15, 0.2) is 9.59 Å². The first-order valence-corrected chi connectivity index (χ1v) is 8.14. The molecule has 4 atom stereocenters. The number of unbranched alkanes of at least 4 members (excludes halogenated alkanes) is 1. The molecule has 26 heavy (non-hydrogen) atoms. The van der Waals surface area contributed by atoms with E-state index in [0.29, 0.717) is 12.8 Å². The van der Waals surface area contributed by atoms with Gasteiger partial charge in [0, 0.05) is 13.2 Å². The van der Waals surface area contributed by atoms with Gasteiger partial charge in [-0.2, -0.15) is 4.98 Å². The number of nitrogens with two attached hydrogens (primary N) is 1. The van der Waals surface area contributed by atoms with Crippen LogP contribution in [0.2, 0.25) is 0 Å². The van der Waals surface area contributed by atoms with E-state index in [0.717, 1.165) is 9.13 Å². The van der Waals surface area contributed by atoms with Gasteiger partial charge in [-0.05, 0) is 12.8 Å². The van der Waals surface area contributed by atoms with Crippen LogP contribution < -0.4 is 17.0 Å². The number of aliphatic hydroxyl groups excluding tert-OH is 4. The predicted molar refractivity (Wildman–Crippen MR) is 88.4 cm³/mol. The van der Waals surface area contributed by atoms with E-state index in [-0.39, 0.29) is 30.3 Å². The number of hydrogen-bond donors (Lipinski definition) is 6. The Morgan fingerprint density at radius 2 is 1.92 bits per heavy atom. The lowest BCUT2D eigenvalue weighted by Crippen LogP contribution is -2.36. The van der Waals surface area contributed by atoms with Crippen molar-refractivity contribution in [3.05, 3.63) is 20.8 Å². The lowest BCUT2D eigenvalue weighted by atomic mass is 10.1. The van der Waals surface area contributed by atoms with Crippen LogP contribution in [0.3, 0.4) is 0 Å². The maximum atomic E-state index is 12.9. The molecule has 0 aliphatic carbocycles. The number of hydrogen-bond acceptors (Lipinski definition) is 9. The Labute approximate surface area is 146 Å². The molecule has 3 rings (SSSR count). The summed E-state index contributed by atoms with van der Waals surface area (Å²) in [5.74, 6) is -0.226. The topological polar surface area (TPSA) is 189 Å². The van der Waals surface area contributed by atoms with Crippen molar-refractivity contribution < 1.29 is 25.2 Å². The zero-order chi connectivity index (χ0) is 19.0. The molecule has 12 heteroatoms. The SMILES string of the molecule is Nc1nc2c(c(=O)[nH]1)n(CCCCO)c(=O)n2[C@@H]1O[C@H](CO)[C@H](O)[C@H]1O. The monoisotopic (exact) mass is 371 g/mol. The molecule has 1 aliphatic heterocycles. The Morgan fingerprint density at radius 3 is 2.54 bits per heavy atom. The van der Waals surface area contributed by atoms with Gasteiger partial charge in [-0.25, -0.2) is 9.36 Å². The smallest absolute Gasteiger partial charge is 0.332 e. The number of nitrogens with one attached hydrogen (secondary N) is 1. The molecule has 3 heterocycles. The summed E-state index contributed by atoms with van der Waals surface area (Å²) in [6.45, 7) is -0.495. The van der Waals surface area contributed by atoms with E-state index in [9.17, 15) is 24.9 Å². The number of rotatable bonds is 6. The number of H-pyrrole nitrogens is 1. The molecule has 1 saturated heterocycles. The second kappa shape index (κ2) is 7.17. The Balaban J connectivity index is 2.18. The average Bonchev–Trinajstić information content (AvgIpc) is 3.03. The molecule has 0 unspecified atom stereocenters. The van der Waals surface area contributed by atoms with Crippen LogP contribution in [0.1, 0.15) is 19.1 Å². The molecule has 1 aliphatic rings. The fourth-order valence-electron chi connectivity index (χ4n) is 3.11. The Morgan fingerprint density at radius 1 is 1.19 bits per heavy atom. The molecule has 0 bridgehead atoms. The Bertz CT molecular complexity index is 903. The first kappa shape index (κ1) is 18.5. The molecule has 144 valence electrons. The molecule has 0 aromatic carbocycles. The molecule has 7 N–H and O–H groups in total. The highest BCUT2D eigenvalue weighted by molar-refractivity contribution is 5.71. The van der Waals surface area contributed by atoms with Gasteiger partial charge >= 0.3 is 5.69 Å². The van der Waals surface area contributed by atoms with Gasteiger partial charge in [-0.3, -0.25) is 14.3 Å². The summed E-state index contributed by atoms with van der Waals surface area (Å²) in [7, 11) is 0. The van der Waals surface area contributed by atoms with Gasteiger partial charge in [-0.15, -0.1) is 0 Å². The van der Waals surface area contributed by atoms with E-state index >= 15 is 0 Å². The predicted octanol–water partition coefficient (Wildman–Crippen LogP) is -3.15. The number of ether oxygens (including phenoxy) is 1. The summed E-state index contributed by atoms with van der Waals surface area (Å²) in [5, 5.41) is 38.3. The molecule has 12 nitrogen and oxygen atoms in total. The molecule has 0 saturated carbocycles. The van der Waals surface area contributed by atoms with E-state index < -0.39 is 42.4 Å². The van der Waals surface area contributed by atoms with Crippen molar-refractivity contribution in [3.63, 3.8) is 0 Å². The van der Waals surface area contributed by atoms with Gasteiger partial charge in [0.2, 0.25) is 5.95 Å². The molecule has 2 aromatic rings. The number of aromatic nitrogens is 4. The van der Waals surface area contributed by atoms with Crippen LogP contribution in [0.4, 0.5) is 5.95 Å².